The van der Waals surface area contributed by atoms with Gasteiger partial charge in [0, 0.05) is 12.6 Å². The summed E-state index contributed by atoms with van der Waals surface area (Å²) in [5.74, 6) is -2.77. The van der Waals surface area contributed by atoms with Crippen LogP contribution in [0, 0.1) is 21.7 Å². The van der Waals surface area contributed by atoms with Gasteiger partial charge in [0.1, 0.15) is 11.5 Å². The van der Waals surface area contributed by atoms with Gasteiger partial charge in [-0.2, -0.15) is 4.98 Å². The molecule has 23 heavy (non-hydrogen) atoms. The predicted octanol–water partition coefficient (Wildman–Crippen LogP) is 0.775. The highest BCUT2D eigenvalue weighted by atomic mass is 19.2. The molecular formula is C12H12F2N6O3. The minimum Gasteiger partial charge on any atom is -0.383 e. The number of nitrogens with zero attached hydrogens (tertiary/aromatic N) is 2. The van der Waals surface area contributed by atoms with Gasteiger partial charge < -0.3 is 16.8 Å². The molecule has 0 atom stereocenters. The first-order valence-electron chi connectivity index (χ1n) is 6.31. The van der Waals surface area contributed by atoms with E-state index in [-0.39, 0.29) is 36.0 Å². The van der Waals surface area contributed by atoms with Crippen molar-refractivity contribution in [2.75, 3.05) is 23.3 Å². The molecular weight excluding hydrogens is 314 g/mol. The van der Waals surface area contributed by atoms with Crippen LogP contribution < -0.4 is 22.3 Å². The highest BCUT2D eigenvalue weighted by molar-refractivity contribution is 5.61. The Morgan fingerprint density at radius 3 is 2.57 bits per heavy atom. The smallest absolute Gasteiger partial charge is 0.295 e. The molecule has 122 valence electrons. The standard InChI is InChI=1S/C12H12F2N6O3/c13-6-3-8(9(20(22)23)4-7(6)14)17-2-1-5-10(15)18-12(16)19-11(5)21/h3-4,17H,1-2H2,(H5,15,16,18,19,21). The molecule has 0 aliphatic carbocycles. The molecule has 0 bridgehead atoms. The summed E-state index contributed by atoms with van der Waals surface area (Å²) in [5, 5.41) is 13.4. The van der Waals surface area contributed by atoms with Gasteiger partial charge in [0.05, 0.1) is 16.6 Å². The lowest BCUT2D eigenvalue weighted by Gasteiger charge is -2.08. The Balaban J connectivity index is 2.18. The maximum absolute atomic E-state index is 13.2. The van der Waals surface area contributed by atoms with Crippen molar-refractivity contribution in [1.82, 2.24) is 9.97 Å². The van der Waals surface area contributed by atoms with E-state index in [4.69, 9.17) is 11.5 Å². The van der Waals surface area contributed by atoms with Crippen molar-refractivity contribution in [3.8, 4) is 0 Å². The molecule has 2 aromatic rings. The molecule has 1 aromatic carbocycles. The Morgan fingerprint density at radius 2 is 1.96 bits per heavy atom. The Labute approximate surface area is 127 Å². The Kier molecular flexibility index (Phi) is 4.39. The van der Waals surface area contributed by atoms with Gasteiger partial charge in [-0.3, -0.25) is 19.9 Å². The molecule has 0 radical (unpaired) electrons. The van der Waals surface area contributed by atoms with E-state index in [1.165, 1.54) is 0 Å². The molecule has 1 aromatic heterocycles. The number of aromatic nitrogens is 2. The van der Waals surface area contributed by atoms with Gasteiger partial charge >= 0.3 is 0 Å². The van der Waals surface area contributed by atoms with Crippen LogP contribution in [0.1, 0.15) is 5.56 Å². The Bertz CT molecular complexity index is 823. The number of anilines is 3. The van der Waals surface area contributed by atoms with E-state index in [0.29, 0.717) is 12.1 Å². The lowest BCUT2D eigenvalue weighted by atomic mass is 10.2. The van der Waals surface area contributed by atoms with Gasteiger partial charge in [-0.1, -0.05) is 0 Å². The number of nitrogen functional groups attached to an aromatic ring is 2. The number of H-pyrrole nitrogens is 1. The van der Waals surface area contributed by atoms with Crippen LogP contribution in [0.15, 0.2) is 16.9 Å². The largest absolute Gasteiger partial charge is 0.383 e. The number of nitrogens with one attached hydrogen (secondary N) is 2. The summed E-state index contributed by atoms with van der Waals surface area (Å²) in [6.45, 7) is 0.00475. The maximum Gasteiger partial charge on any atom is 0.295 e. The third kappa shape index (κ3) is 3.51. The predicted molar refractivity (Wildman–Crippen MR) is 78.9 cm³/mol. The molecule has 11 heteroatoms. The molecule has 9 nitrogen and oxygen atoms in total. The number of nitro groups is 1. The van der Waals surface area contributed by atoms with Crippen LogP contribution >= 0.6 is 0 Å². The molecule has 6 N–H and O–H groups in total. The third-order valence-corrected chi connectivity index (χ3v) is 2.99. The molecule has 1 heterocycles. The summed E-state index contributed by atoms with van der Waals surface area (Å²) in [4.78, 5) is 27.6. The van der Waals surface area contributed by atoms with E-state index >= 15 is 0 Å². The van der Waals surface area contributed by atoms with E-state index in [0.717, 1.165) is 0 Å². The van der Waals surface area contributed by atoms with Gasteiger partial charge in [0.2, 0.25) is 5.95 Å². The maximum atomic E-state index is 13.2. The first-order chi connectivity index (χ1) is 10.8. The lowest BCUT2D eigenvalue weighted by Crippen LogP contribution is -2.21. The third-order valence-electron chi connectivity index (χ3n) is 2.99. The van der Waals surface area contributed by atoms with Crippen molar-refractivity contribution >= 4 is 23.1 Å². The van der Waals surface area contributed by atoms with Gasteiger partial charge in [0.25, 0.3) is 11.2 Å². The summed E-state index contributed by atoms with van der Waals surface area (Å²) in [7, 11) is 0. The summed E-state index contributed by atoms with van der Waals surface area (Å²) in [6, 6.07) is 1.14. The monoisotopic (exact) mass is 326 g/mol. The fourth-order valence-electron chi connectivity index (χ4n) is 1.93. The van der Waals surface area contributed by atoms with Crippen molar-refractivity contribution in [3.05, 3.63) is 49.8 Å². The lowest BCUT2D eigenvalue weighted by molar-refractivity contribution is -0.384. The van der Waals surface area contributed by atoms with E-state index in [1.54, 1.807) is 0 Å². The minimum absolute atomic E-state index is 0.00475. The zero-order valence-corrected chi connectivity index (χ0v) is 11.6. The molecule has 0 amide bonds. The molecule has 0 unspecified atom stereocenters. The van der Waals surface area contributed by atoms with Crippen molar-refractivity contribution in [2.45, 2.75) is 6.42 Å². The first kappa shape index (κ1) is 16.1. The number of hydrogen-bond donors (Lipinski definition) is 4. The molecule has 0 saturated carbocycles. The summed E-state index contributed by atoms with van der Waals surface area (Å²) in [5.41, 5.74) is 9.62. The van der Waals surface area contributed by atoms with E-state index < -0.39 is 27.8 Å². The van der Waals surface area contributed by atoms with Gasteiger partial charge in [-0.15, -0.1) is 0 Å². The number of halogens is 2. The van der Waals surface area contributed by atoms with Crippen LogP contribution in [0.25, 0.3) is 0 Å². The normalized spacial score (nSPS) is 10.5. The number of benzene rings is 1. The molecule has 0 spiro atoms. The van der Waals surface area contributed by atoms with Crippen LogP contribution in [-0.2, 0) is 6.42 Å². The van der Waals surface area contributed by atoms with Gasteiger partial charge in [0.15, 0.2) is 11.6 Å². The zero-order chi connectivity index (χ0) is 17.1. The Hall–Kier alpha value is -3.24. The van der Waals surface area contributed by atoms with Gasteiger partial charge in [-0.05, 0) is 6.42 Å². The number of hydrogen-bond acceptors (Lipinski definition) is 7. The van der Waals surface area contributed by atoms with Crippen molar-refractivity contribution in [3.63, 3.8) is 0 Å². The van der Waals surface area contributed by atoms with E-state index in [1.807, 2.05) is 0 Å². The number of nitro benzene ring substituents is 1. The molecule has 0 aliphatic rings. The van der Waals surface area contributed by atoms with E-state index in [2.05, 4.69) is 15.3 Å². The quantitative estimate of drug-likeness (QED) is 0.467. The van der Waals surface area contributed by atoms with Crippen LogP contribution in [0.5, 0.6) is 0 Å². The first-order valence-corrected chi connectivity index (χ1v) is 6.31. The topological polar surface area (TPSA) is 153 Å². The van der Waals surface area contributed by atoms with Crippen LogP contribution in [0.2, 0.25) is 0 Å². The summed E-state index contributed by atoms with van der Waals surface area (Å²) >= 11 is 0. The van der Waals surface area contributed by atoms with Crippen molar-refractivity contribution in [1.29, 1.82) is 0 Å². The Morgan fingerprint density at radius 1 is 1.30 bits per heavy atom. The van der Waals surface area contributed by atoms with Crippen molar-refractivity contribution < 1.29 is 13.7 Å². The van der Waals surface area contributed by atoms with Crippen LogP contribution in [0.3, 0.4) is 0 Å². The highest BCUT2D eigenvalue weighted by Gasteiger charge is 2.18. The average molecular weight is 326 g/mol. The summed E-state index contributed by atoms with van der Waals surface area (Å²) in [6.07, 6.45) is 0.0462. The fraction of sp³-hybridized carbons (Fsp3) is 0.167. The number of aromatic amines is 1. The molecule has 0 aliphatic heterocycles. The summed E-state index contributed by atoms with van der Waals surface area (Å²) < 4.78 is 26.3. The average Bonchev–Trinajstić information content (AvgIpc) is 2.44. The van der Waals surface area contributed by atoms with Crippen molar-refractivity contribution in [2.24, 2.45) is 0 Å². The zero-order valence-electron chi connectivity index (χ0n) is 11.6. The van der Waals surface area contributed by atoms with Crippen LogP contribution in [0.4, 0.5) is 31.9 Å². The number of rotatable bonds is 5. The molecule has 0 saturated heterocycles. The second-order valence-corrected chi connectivity index (χ2v) is 4.53. The van der Waals surface area contributed by atoms with Gasteiger partial charge in [-0.25, -0.2) is 8.78 Å². The highest BCUT2D eigenvalue weighted by Crippen LogP contribution is 2.27. The van der Waals surface area contributed by atoms with Crippen LogP contribution in [-0.4, -0.2) is 21.4 Å². The minimum atomic E-state index is -1.33. The molecule has 2 rings (SSSR count). The second-order valence-electron chi connectivity index (χ2n) is 4.53. The fourth-order valence-corrected chi connectivity index (χ4v) is 1.93. The second kappa shape index (κ2) is 6.25. The van der Waals surface area contributed by atoms with E-state index in [9.17, 15) is 23.7 Å². The molecule has 0 fully saturated rings. The SMILES string of the molecule is Nc1nc(N)c(CCNc2cc(F)c(F)cc2[N+](=O)[O-])c(=O)[nH]1. The number of nitrogens with two attached hydrogens (primary N) is 2.